The van der Waals surface area contributed by atoms with Crippen LogP contribution in [0.5, 0.6) is 0 Å². The predicted octanol–water partition coefficient (Wildman–Crippen LogP) is 1.75. The molecule has 0 bridgehead atoms. The van der Waals surface area contributed by atoms with E-state index in [1.807, 2.05) is 35.7 Å². The first-order valence-corrected chi connectivity index (χ1v) is 5.64. The molecule has 0 aliphatic heterocycles. The van der Waals surface area contributed by atoms with Gasteiger partial charge in [0.2, 0.25) is 0 Å². The van der Waals surface area contributed by atoms with E-state index in [1.54, 1.807) is 0 Å². The summed E-state index contributed by atoms with van der Waals surface area (Å²) in [5.74, 6) is 0. The van der Waals surface area contributed by atoms with Gasteiger partial charge in [-0.05, 0) is 10.9 Å². The molecule has 76 valence electrons. The molecule has 0 radical (unpaired) electrons. The Balaban J connectivity index is 2.47. The maximum absolute atomic E-state index is 9.05. The minimum atomic E-state index is -1.50. The third kappa shape index (κ3) is 2.08. The standard InChI is InChI=1S/C10H8BClO2S/c12-9-8(6-15-10(9)11(13)14)7-4-2-1-3-5-7/h1-6,13-14H. The molecule has 1 heterocycles. The van der Waals surface area contributed by atoms with Crippen molar-refractivity contribution in [2.75, 3.05) is 0 Å². The van der Waals surface area contributed by atoms with E-state index in [1.165, 1.54) is 11.3 Å². The van der Waals surface area contributed by atoms with Crippen molar-refractivity contribution in [2.24, 2.45) is 0 Å². The maximum Gasteiger partial charge on any atom is 0.500 e. The second kappa shape index (κ2) is 4.37. The lowest BCUT2D eigenvalue weighted by Gasteiger charge is -1.99. The first-order chi connectivity index (χ1) is 7.20. The average Bonchev–Trinajstić information content (AvgIpc) is 2.61. The third-order valence-electron chi connectivity index (χ3n) is 2.08. The van der Waals surface area contributed by atoms with E-state index in [-0.39, 0.29) is 0 Å². The largest absolute Gasteiger partial charge is 0.500 e. The van der Waals surface area contributed by atoms with Crippen LogP contribution in [0.2, 0.25) is 5.02 Å². The summed E-state index contributed by atoms with van der Waals surface area (Å²) in [7, 11) is -1.50. The molecule has 2 rings (SSSR count). The lowest BCUT2D eigenvalue weighted by Crippen LogP contribution is -2.27. The summed E-state index contributed by atoms with van der Waals surface area (Å²) in [6.45, 7) is 0. The van der Waals surface area contributed by atoms with Gasteiger partial charge in [0, 0.05) is 5.56 Å². The Hall–Kier alpha value is -0.805. The average molecular weight is 239 g/mol. The van der Waals surface area contributed by atoms with Crippen LogP contribution < -0.4 is 4.78 Å². The van der Waals surface area contributed by atoms with Crippen LogP contribution in [0, 0.1) is 0 Å². The Bertz CT molecular complexity index is 456. The highest BCUT2D eigenvalue weighted by Gasteiger charge is 2.20. The number of hydrogen-bond donors (Lipinski definition) is 2. The summed E-state index contributed by atoms with van der Waals surface area (Å²) < 4.78 is 0.385. The Morgan fingerprint density at radius 1 is 1.13 bits per heavy atom. The van der Waals surface area contributed by atoms with Crippen molar-refractivity contribution in [2.45, 2.75) is 0 Å². The van der Waals surface area contributed by atoms with Crippen LogP contribution in [0.25, 0.3) is 11.1 Å². The van der Waals surface area contributed by atoms with E-state index in [0.717, 1.165) is 11.1 Å². The van der Waals surface area contributed by atoms with Crippen LogP contribution in [0.15, 0.2) is 35.7 Å². The summed E-state index contributed by atoms with van der Waals surface area (Å²) in [5, 5.41) is 20.3. The highest BCUT2D eigenvalue weighted by Crippen LogP contribution is 2.29. The van der Waals surface area contributed by atoms with Gasteiger partial charge in [-0.3, -0.25) is 0 Å². The molecular formula is C10H8BClO2S. The van der Waals surface area contributed by atoms with Gasteiger partial charge < -0.3 is 10.0 Å². The molecule has 1 aromatic heterocycles. The van der Waals surface area contributed by atoms with Crippen molar-refractivity contribution >= 4 is 34.8 Å². The van der Waals surface area contributed by atoms with Gasteiger partial charge in [-0.25, -0.2) is 0 Å². The fourth-order valence-electron chi connectivity index (χ4n) is 1.35. The highest BCUT2D eigenvalue weighted by atomic mass is 35.5. The zero-order valence-electron chi connectivity index (χ0n) is 7.72. The number of thiophene rings is 1. The van der Waals surface area contributed by atoms with Gasteiger partial charge in [0.15, 0.2) is 0 Å². The molecule has 0 fully saturated rings. The Kier molecular flexibility index (Phi) is 3.12. The van der Waals surface area contributed by atoms with Crippen LogP contribution >= 0.6 is 22.9 Å². The molecule has 2 N–H and O–H groups in total. The number of hydrogen-bond acceptors (Lipinski definition) is 3. The first-order valence-electron chi connectivity index (χ1n) is 4.38. The van der Waals surface area contributed by atoms with Gasteiger partial charge >= 0.3 is 7.12 Å². The maximum atomic E-state index is 9.05. The van der Waals surface area contributed by atoms with Crippen molar-refractivity contribution in [3.63, 3.8) is 0 Å². The highest BCUT2D eigenvalue weighted by molar-refractivity contribution is 7.21. The van der Waals surface area contributed by atoms with Crippen LogP contribution in [0.3, 0.4) is 0 Å². The van der Waals surface area contributed by atoms with Crippen molar-refractivity contribution in [1.29, 1.82) is 0 Å². The van der Waals surface area contributed by atoms with E-state index in [2.05, 4.69) is 0 Å². The molecule has 2 nitrogen and oxygen atoms in total. The molecule has 2 aromatic rings. The van der Waals surface area contributed by atoms with Gasteiger partial charge in [-0.2, -0.15) is 11.3 Å². The predicted molar refractivity (Wildman–Crippen MR) is 64.6 cm³/mol. The summed E-state index contributed by atoms with van der Waals surface area (Å²) >= 11 is 7.29. The smallest absolute Gasteiger partial charge is 0.423 e. The monoisotopic (exact) mass is 238 g/mol. The third-order valence-corrected chi connectivity index (χ3v) is 3.62. The quantitative estimate of drug-likeness (QED) is 0.783. The number of halogens is 1. The van der Waals surface area contributed by atoms with Gasteiger partial charge in [-0.15, -0.1) is 0 Å². The van der Waals surface area contributed by atoms with Gasteiger partial charge in [-0.1, -0.05) is 41.9 Å². The van der Waals surface area contributed by atoms with Crippen molar-refractivity contribution < 1.29 is 10.0 Å². The lowest BCUT2D eigenvalue weighted by atomic mass is 9.88. The van der Waals surface area contributed by atoms with Crippen LogP contribution in [-0.4, -0.2) is 17.2 Å². The van der Waals surface area contributed by atoms with Crippen LogP contribution in [0.4, 0.5) is 0 Å². The SMILES string of the molecule is OB(O)c1scc(-c2ccccc2)c1Cl. The topological polar surface area (TPSA) is 40.5 Å². The summed E-state index contributed by atoms with van der Waals surface area (Å²) in [5.41, 5.74) is 1.82. The van der Waals surface area contributed by atoms with Crippen LogP contribution in [-0.2, 0) is 0 Å². The second-order valence-electron chi connectivity index (χ2n) is 3.07. The van der Waals surface area contributed by atoms with Gasteiger partial charge in [0.25, 0.3) is 0 Å². The van der Waals surface area contributed by atoms with Gasteiger partial charge in [0.1, 0.15) is 0 Å². The Labute approximate surface area is 96.9 Å². The summed E-state index contributed by atoms with van der Waals surface area (Å²) in [6.07, 6.45) is 0. The molecule has 1 aromatic carbocycles. The Morgan fingerprint density at radius 2 is 1.80 bits per heavy atom. The minimum Gasteiger partial charge on any atom is -0.423 e. The molecule has 0 atom stereocenters. The fourth-order valence-corrected chi connectivity index (χ4v) is 2.64. The zero-order chi connectivity index (χ0) is 10.8. The molecule has 0 aliphatic carbocycles. The van der Waals surface area contributed by atoms with E-state index >= 15 is 0 Å². The first kappa shape index (κ1) is 10.7. The van der Waals surface area contributed by atoms with E-state index in [4.69, 9.17) is 21.6 Å². The van der Waals surface area contributed by atoms with E-state index < -0.39 is 7.12 Å². The second-order valence-corrected chi connectivity index (χ2v) is 4.36. The van der Waals surface area contributed by atoms with E-state index in [0.29, 0.717) is 9.80 Å². The lowest BCUT2D eigenvalue weighted by molar-refractivity contribution is 0.427. The van der Waals surface area contributed by atoms with Crippen molar-refractivity contribution in [3.8, 4) is 11.1 Å². The summed E-state index contributed by atoms with van der Waals surface area (Å²) in [6, 6.07) is 9.62. The molecule has 0 saturated heterocycles. The number of benzene rings is 1. The van der Waals surface area contributed by atoms with Crippen LogP contribution in [0.1, 0.15) is 0 Å². The fraction of sp³-hybridized carbons (Fsp3) is 0. The molecule has 0 amide bonds. The van der Waals surface area contributed by atoms with E-state index in [9.17, 15) is 0 Å². The van der Waals surface area contributed by atoms with Gasteiger partial charge in [0.05, 0.1) is 9.80 Å². The molecule has 0 aliphatic rings. The molecule has 5 heteroatoms. The number of rotatable bonds is 2. The Morgan fingerprint density at radius 3 is 2.33 bits per heavy atom. The zero-order valence-corrected chi connectivity index (χ0v) is 9.29. The molecule has 0 spiro atoms. The molecule has 0 saturated carbocycles. The minimum absolute atomic E-state index is 0.385. The van der Waals surface area contributed by atoms with Crippen molar-refractivity contribution in [3.05, 3.63) is 40.7 Å². The van der Waals surface area contributed by atoms with Crippen molar-refractivity contribution in [1.82, 2.24) is 0 Å². The normalized spacial score (nSPS) is 10.3. The summed E-state index contributed by atoms with van der Waals surface area (Å²) in [4.78, 5) is 0. The molecule has 15 heavy (non-hydrogen) atoms. The molecule has 0 unspecified atom stereocenters. The molecular weight excluding hydrogens is 230 g/mol.